The Hall–Kier alpha value is -2.81. The zero-order chi connectivity index (χ0) is 22.0. The Balaban J connectivity index is 1.45. The van der Waals surface area contributed by atoms with Crippen LogP contribution >= 0.6 is 0 Å². The van der Waals surface area contributed by atoms with E-state index in [4.69, 9.17) is 4.74 Å². The summed E-state index contributed by atoms with van der Waals surface area (Å²) < 4.78 is 5.92. The number of carbonyl (C=O) groups is 1. The molecule has 4 saturated carbocycles. The lowest BCUT2D eigenvalue weighted by Crippen LogP contribution is -2.54. The van der Waals surface area contributed by atoms with E-state index in [1.54, 1.807) is 19.2 Å². The number of aromatic carboxylic acids is 1. The molecule has 3 atom stereocenters. The number of methoxy groups -OCH3 is 1. The monoisotopic (exact) mass is 426 g/mol. The smallest absolute Gasteiger partial charge is 0.335 e. The van der Waals surface area contributed by atoms with Gasteiger partial charge in [-0.15, -0.1) is 0 Å². The molecule has 32 heavy (non-hydrogen) atoms. The second-order valence-corrected chi connectivity index (χ2v) is 10.5. The van der Waals surface area contributed by atoms with E-state index in [1.807, 2.05) is 12.1 Å². The predicted molar refractivity (Wildman–Crippen MR) is 127 cm³/mol. The molecule has 0 spiro atoms. The van der Waals surface area contributed by atoms with Crippen molar-refractivity contribution < 1.29 is 14.6 Å². The van der Waals surface area contributed by atoms with E-state index in [-0.39, 0.29) is 5.41 Å². The quantitative estimate of drug-likeness (QED) is 0.492. The van der Waals surface area contributed by atoms with Gasteiger partial charge < -0.3 is 9.84 Å². The van der Waals surface area contributed by atoms with Crippen molar-refractivity contribution in [1.29, 1.82) is 0 Å². The zero-order valence-corrected chi connectivity index (χ0v) is 18.8. The van der Waals surface area contributed by atoms with Crippen molar-refractivity contribution in [1.82, 2.24) is 0 Å². The highest BCUT2D eigenvalue weighted by atomic mass is 16.5. The van der Waals surface area contributed by atoms with Gasteiger partial charge in [-0.05, 0) is 108 Å². The van der Waals surface area contributed by atoms with Crippen LogP contribution in [0.15, 0.2) is 54.6 Å². The van der Waals surface area contributed by atoms with E-state index in [0.29, 0.717) is 11.5 Å². The Labute approximate surface area is 189 Å². The van der Waals surface area contributed by atoms with Crippen LogP contribution < -0.4 is 4.74 Å². The van der Waals surface area contributed by atoms with Crippen LogP contribution in [0.4, 0.5) is 0 Å². The Morgan fingerprint density at radius 2 is 1.56 bits per heavy atom. The van der Waals surface area contributed by atoms with Crippen molar-refractivity contribution in [2.45, 2.75) is 44.4 Å². The second kappa shape index (κ2) is 7.10. The van der Waals surface area contributed by atoms with E-state index >= 15 is 0 Å². The number of hydrogen-bond donors (Lipinski definition) is 1. The molecule has 4 aliphatic rings. The molecule has 3 aromatic carbocycles. The van der Waals surface area contributed by atoms with Crippen LogP contribution in [0.1, 0.15) is 54.9 Å². The van der Waals surface area contributed by atoms with E-state index in [2.05, 4.69) is 37.3 Å². The van der Waals surface area contributed by atoms with Crippen LogP contribution in [0, 0.1) is 23.7 Å². The summed E-state index contributed by atoms with van der Waals surface area (Å²) in [7, 11) is 1.81. The van der Waals surface area contributed by atoms with Crippen LogP contribution in [-0.2, 0) is 5.41 Å². The normalized spacial score (nSPS) is 30.6. The topological polar surface area (TPSA) is 46.5 Å². The van der Waals surface area contributed by atoms with Gasteiger partial charge in [0.15, 0.2) is 0 Å². The molecule has 4 fully saturated rings. The Bertz CT molecular complexity index is 1210. The van der Waals surface area contributed by atoms with Gasteiger partial charge in [0.2, 0.25) is 0 Å². The Morgan fingerprint density at radius 1 is 0.906 bits per heavy atom. The molecule has 7 rings (SSSR count). The van der Waals surface area contributed by atoms with Gasteiger partial charge in [0.25, 0.3) is 0 Å². The highest BCUT2D eigenvalue weighted by Gasteiger charge is 2.56. The molecule has 4 aliphatic carbocycles. The van der Waals surface area contributed by atoms with Crippen molar-refractivity contribution in [3.8, 4) is 16.9 Å². The fraction of sp³-hybridized carbons (Fsp3) is 0.414. The average Bonchev–Trinajstić information content (AvgIpc) is 2.80. The van der Waals surface area contributed by atoms with Gasteiger partial charge >= 0.3 is 5.97 Å². The number of carboxylic acids is 1. The molecular weight excluding hydrogens is 396 g/mol. The van der Waals surface area contributed by atoms with Gasteiger partial charge in [0.05, 0.1) is 12.7 Å². The van der Waals surface area contributed by atoms with Crippen LogP contribution in [0.2, 0.25) is 0 Å². The van der Waals surface area contributed by atoms with Gasteiger partial charge in [0.1, 0.15) is 5.75 Å². The standard InChI is InChI=1S/C29H30O3/c1-17-25-10-18-9-19(11-25)16-29(17,15-18)26-14-23(7-8-27(26)32-2)21-3-4-22-13-24(28(30)31)6-5-20(22)12-21/h3-8,12-14,17-19,25H,9-11,15-16H2,1-2H3,(H,30,31). The summed E-state index contributed by atoms with van der Waals surface area (Å²) in [5.74, 6) is 3.46. The van der Waals surface area contributed by atoms with Crippen molar-refractivity contribution in [2.75, 3.05) is 7.11 Å². The summed E-state index contributed by atoms with van der Waals surface area (Å²) in [5, 5.41) is 11.3. The SMILES string of the molecule is COc1ccc(-c2ccc3cc(C(=O)O)ccc3c2)cc1C12CC3CC(CC(C3)C1C)C2. The summed E-state index contributed by atoms with van der Waals surface area (Å²) >= 11 is 0. The predicted octanol–water partition coefficient (Wildman–Crippen LogP) is 6.93. The van der Waals surface area contributed by atoms with Crippen molar-refractivity contribution in [2.24, 2.45) is 23.7 Å². The number of hydrogen-bond acceptors (Lipinski definition) is 2. The van der Waals surface area contributed by atoms with E-state index in [9.17, 15) is 9.90 Å². The molecular formula is C29H30O3. The fourth-order valence-electron chi connectivity index (χ4n) is 7.59. The molecule has 164 valence electrons. The molecule has 0 radical (unpaired) electrons. The van der Waals surface area contributed by atoms with E-state index in [1.165, 1.54) is 48.8 Å². The van der Waals surface area contributed by atoms with E-state index in [0.717, 1.165) is 34.3 Å². The molecule has 3 heteroatoms. The van der Waals surface area contributed by atoms with Crippen LogP contribution in [0.25, 0.3) is 21.9 Å². The second-order valence-electron chi connectivity index (χ2n) is 10.5. The van der Waals surface area contributed by atoms with Gasteiger partial charge in [0, 0.05) is 11.0 Å². The van der Waals surface area contributed by atoms with Crippen LogP contribution in [0.3, 0.4) is 0 Å². The first kappa shape index (κ1) is 19.8. The molecule has 0 amide bonds. The third-order valence-electron chi connectivity index (χ3n) is 8.98. The molecule has 3 aromatic rings. The summed E-state index contributed by atoms with van der Waals surface area (Å²) in [6.07, 6.45) is 6.87. The first-order valence-electron chi connectivity index (χ1n) is 11.9. The summed E-state index contributed by atoms with van der Waals surface area (Å²) in [4.78, 5) is 11.3. The maximum Gasteiger partial charge on any atom is 0.335 e. The molecule has 0 aliphatic heterocycles. The summed E-state index contributed by atoms with van der Waals surface area (Å²) in [6, 6.07) is 18.4. The lowest BCUT2D eigenvalue weighted by atomic mass is 9.44. The third kappa shape index (κ3) is 2.90. The minimum Gasteiger partial charge on any atom is -0.496 e. The molecule has 0 heterocycles. The highest BCUT2D eigenvalue weighted by molar-refractivity contribution is 5.95. The molecule has 4 bridgehead atoms. The minimum atomic E-state index is -0.888. The number of fused-ring (bicyclic) bond motifs is 1. The molecule has 3 unspecified atom stereocenters. The number of rotatable bonds is 4. The van der Waals surface area contributed by atoms with Gasteiger partial charge in [-0.3, -0.25) is 0 Å². The van der Waals surface area contributed by atoms with Crippen LogP contribution in [0.5, 0.6) is 5.75 Å². The lowest BCUT2D eigenvalue weighted by molar-refractivity contribution is -0.0545. The number of ether oxygens (including phenoxy) is 1. The molecule has 1 N–H and O–H groups in total. The van der Waals surface area contributed by atoms with Gasteiger partial charge in [-0.2, -0.15) is 0 Å². The van der Waals surface area contributed by atoms with Crippen molar-refractivity contribution in [3.05, 3.63) is 65.7 Å². The minimum absolute atomic E-state index is 0.239. The average molecular weight is 427 g/mol. The van der Waals surface area contributed by atoms with Gasteiger partial charge in [-0.1, -0.05) is 31.2 Å². The first-order valence-corrected chi connectivity index (χ1v) is 11.9. The third-order valence-corrected chi connectivity index (χ3v) is 8.98. The Kier molecular flexibility index (Phi) is 4.40. The Morgan fingerprint density at radius 3 is 2.28 bits per heavy atom. The van der Waals surface area contributed by atoms with Crippen molar-refractivity contribution in [3.63, 3.8) is 0 Å². The number of benzene rings is 3. The fourth-order valence-corrected chi connectivity index (χ4v) is 7.59. The zero-order valence-electron chi connectivity index (χ0n) is 18.8. The first-order chi connectivity index (χ1) is 15.5. The molecule has 0 saturated heterocycles. The molecule has 0 aromatic heterocycles. The van der Waals surface area contributed by atoms with E-state index < -0.39 is 5.97 Å². The summed E-state index contributed by atoms with van der Waals surface area (Å²) in [6.45, 7) is 2.49. The maximum absolute atomic E-state index is 11.3. The highest BCUT2D eigenvalue weighted by Crippen LogP contribution is 2.64. The molecule has 3 nitrogen and oxygen atoms in total. The maximum atomic E-state index is 11.3. The largest absolute Gasteiger partial charge is 0.496 e. The van der Waals surface area contributed by atoms with Gasteiger partial charge in [-0.25, -0.2) is 4.79 Å². The summed E-state index contributed by atoms with van der Waals surface area (Å²) in [5.41, 5.74) is 4.36. The lowest BCUT2D eigenvalue weighted by Gasteiger charge is -2.61. The van der Waals surface area contributed by atoms with Crippen molar-refractivity contribution >= 4 is 16.7 Å². The van der Waals surface area contributed by atoms with Crippen LogP contribution in [-0.4, -0.2) is 18.2 Å². The number of carboxylic acid groups (broad SMARTS) is 1.